The number of hydrogen-bond acceptors (Lipinski definition) is 3. The molecule has 144 valence electrons. The Labute approximate surface area is 156 Å². The molecule has 1 amide bonds. The summed E-state index contributed by atoms with van der Waals surface area (Å²) >= 11 is 0. The van der Waals surface area contributed by atoms with Gasteiger partial charge in [-0.1, -0.05) is 36.4 Å². The number of hydrogen-bond donors (Lipinski definition) is 1. The van der Waals surface area contributed by atoms with Gasteiger partial charge < -0.3 is 15.5 Å². The van der Waals surface area contributed by atoms with Crippen molar-refractivity contribution < 1.29 is 18.0 Å². The molecule has 4 nitrogen and oxygen atoms in total. The molecule has 1 heterocycles. The van der Waals surface area contributed by atoms with E-state index in [0.717, 1.165) is 17.7 Å². The van der Waals surface area contributed by atoms with Crippen molar-refractivity contribution >= 4 is 11.6 Å². The Hall–Kier alpha value is -2.54. The molecule has 0 spiro atoms. The van der Waals surface area contributed by atoms with Crippen molar-refractivity contribution in [3.8, 4) is 0 Å². The molecule has 2 N–H and O–H groups in total. The Bertz CT molecular complexity index is 772. The minimum Gasteiger partial charge on any atom is -0.368 e. The number of rotatable bonds is 4. The maximum absolute atomic E-state index is 12.9. The zero-order chi connectivity index (χ0) is 19.4. The number of anilines is 1. The molecule has 7 heteroatoms. The lowest BCUT2D eigenvalue weighted by molar-refractivity contribution is -0.137. The first kappa shape index (κ1) is 19.2. The highest BCUT2D eigenvalue weighted by Crippen LogP contribution is 2.32. The highest BCUT2D eigenvalue weighted by atomic mass is 19.4. The van der Waals surface area contributed by atoms with E-state index in [1.165, 1.54) is 6.07 Å². The van der Waals surface area contributed by atoms with Gasteiger partial charge in [0.1, 0.15) is 0 Å². The molecule has 1 saturated heterocycles. The van der Waals surface area contributed by atoms with Gasteiger partial charge in [0, 0.05) is 44.3 Å². The molecular weight excluding hydrogens is 355 g/mol. The number of halogens is 3. The highest BCUT2D eigenvalue weighted by molar-refractivity contribution is 5.77. The van der Waals surface area contributed by atoms with Crippen molar-refractivity contribution in [2.45, 2.75) is 18.6 Å². The summed E-state index contributed by atoms with van der Waals surface area (Å²) in [6.45, 7) is 1.93. The number of nitrogens with two attached hydrogens (primary N) is 1. The van der Waals surface area contributed by atoms with Crippen LogP contribution in [0.4, 0.5) is 18.9 Å². The van der Waals surface area contributed by atoms with Crippen LogP contribution in [-0.2, 0) is 11.0 Å². The molecule has 1 unspecified atom stereocenters. The quantitative estimate of drug-likeness (QED) is 0.888. The Kier molecular flexibility index (Phi) is 5.70. The minimum absolute atomic E-state index is 0.0324. The zero-order valence-corrected chi connectivity index (χ0v) is 14.8. The van der Waals surface area contributed by atoms with Gasteiger partial charge in [0.05, 0.1) is 5.56 Å². The minimum atomic E-state index is -4.36. The fraction of sp³-hybridized carbons (Fsp3) is 0.350. The van der Waals surface area contributed by atoms with Gasteiger partial charge >= 0.3 is 6.18 Å². The second-order valence-electron chi connectivity index (χ2n) is 6.64. The lowest BCUT2D eigenvalue weighted by Gasteiger charge is -2.36. The predicted octanol–water partition coefficient (Wildman–Crippen LogP) is 3.44. The normalized spacial score (nSPS) is 16.3. The van der Waals surface area contributed by atoms with Gasteiger partial charge in [0.15, 0.2) is 0 Å². The molecular formula is C20H22F3N3O. The number of carbonyl (C=O) groups excluding carboxylic acids is 1. The van der Waals surface area contributed by atoms with Gasteiger partial charge in [0.25, 0.3) is 0 Å². The molecule has 0 saturated carbocycles. The Balaban J connectivity index is 1.56. The van der Waals surface area contributed by atoms with E-state index >= 15 is 0 Å². The molecule has 3 rings (SSSR count). The molecule has 0 aromatic heterocycles. The predicted molar refractivity (Wildman–Crippen MR) is 98.2 cm³/mol. The Morgan fingerprint density at radius 2 is 1.67 bits per heavy atom. The third-order valence-electron chi connectivity index (χ3n) is 4.79. The van der Waals surface area contributed by atoms with Crippen molar-refractivity contribution in [2.75, 3.05) is 31.1 Å². The Morgan fingerprint density at radius 1 is 1.00 bits per heavy atom. The van der Waals surface area contributed by atoms with E-state index in [4.69, 9.17) is 5.73 Å². The van der Waals surface area contributed by atoms with Crippen molar-refractivity contribution in [3.63, 3.8) is 0 Å². The second kappa shape index (κ2) is 8.00. The molecule has 0 aliphatic carbocycles. The van der Waals surface area contributed by atoms with E-state index in [1.807, 2.05) is 35.2 Å². The van der Waals surface area contributed by atoms with Crippen molar-refractivity contribution in [1.29, 1.82) is 0 Å². The van der Waals surface area contributed by atoms with E-state index in [0.29, 0.717) is 31.9 Å². The maximum Gasteiger partial charge on any atom is 0.416 e. The van der Waals surface area contributed by atoms with Crippen LogP contribution in [-0.4, -0.2) is 37.0 Å². The van der Waals surface area contributed by atoms with Crippen LogP contribution in [0.3, 0.4) is 0 Å². The summed E-state index contributed by atoms with van der Waals surface area (Å²) in [5.41, 5.74) is 6.89. The standard InChI is InChI=1S/C20H22F3N3O/c21-20(22,23)16-7-4-8-17(13-16)25-9-11-26(12-10-25)19(27)14-18(24)15-5-2-1-3-6-15/h1-8,13,18H,9-12,14,24H2. The van der Waals surface area contributed by atoms with Crippen LogP contribution in [0, 0.1) is 0 Å². The summed E-state index contributed by atoms with van der Waals surface area (Å²) in [4.78, 5) is 16.1. The number of carbonyl (C=O) groups is 1. The first-order valence-corrected chi connectivity index (χ1v) is 8.85. The van der Waals surface area contributed by atoms with Crippen molar-refractivity contribution in [1.82, 2.24) is 4.90 Å². The van der Waals surface area contributed by atoms with E-state index in [-0.39, 0.29) is 18.4 Å². The van der Waals surface area contributed by atoms with Crippen LogP contribution < -0.4 is 10.6 Å². The number of alkyl halides is 3. The van der Waals surface area contributed by atoms with E-state index in [2.05, 4.69) is 0 Å². The number of nitrogens with zero attached hydrogens (tertiary/aromatic N) is 2. The molecule has 1 aliphatic heterocycles. The molecule has 2 aromatic carbocycles. The summed E-state index contributed by atoms with van der Waals surface area (Å²) in [5.74, 6) is -0.0324. The smallest absolute Gasteiger partial charge is 0.368 e. The molecule has 27 heavy (non-hydrogen) atoms. The van der Waals surface area contributed by atoms with Crippen LogP contribution in [0.5, 0.6) is 0 Å². The largest absolute Gasteiger partial charge is 0.416 e. The van der Waals surface area contributed by atoms with Gasteiger partial charge in [-0.05, 0) is 23.8 Å². The van der Waals surface area contributed by atoms with Crippen LogP contribution in [0.2, 0.25) is 0 Å². The third-order valence-corrected chi connectivity index (χ3v) is 4.79. The number of amides is 1. The molecule has 1 atom stereocenters. The maximum atomic E-state index is 12.9. The number of benzene rings is 2. The first-order valence-electron chi connectivity index (χ1n) is 8.85. The molecule has 1 aliphatic rings. The summed E-state index contributed by atoms with van der Waals surface area (Å²) < 4.78 is 38.6. The van der Waals surface area contributed by atoms with Gasteiger partial charge in [-0.15, -0.1) is 0 Å². The third kappa shape index (κ3) is 4.80. The fourth-order valence-electron chi connectivity index (χ4n) is 3.23. The summed E-state index contributed by atoms with van der Waals surface area (Å²) in [5, 5.41) is 0. The monoisotopic (exact) mass is 377 g/mol. The van der Waals surface area contributed by atoms with Crippen LogP contribution in [0.15, 0.2) is 54.6 Å². The topological polar surface area (TPSA) is 49.6 Å². The lowest BCUT2D eigenvalue weighted by Crippen LogP contribution is -2.49. The summed E-state index contributed by atoms with van der Waals surface area (Å²) in [7, 11) is 0. The average Bonchev–Trinajstić information content (AvgIpc) is 2.68. The van der Waals surface area contributed by atoms with Crippen molar-refractivity contribution in [3.05, 3.63) is 65.7 Å². The SMILES string of the molecule is NC(CC(=O)N1CCN(c2cccc(C(F)(F)F)c2)CC1)c1ccccc1. The summed E-state index contributed by atoms with van der Waals surface area (Å²) in [6.07, 6.45) is -4.14. The van der Waals surface area contributed by atoms with Gasteiger partial charge in [-0.25, -0.2) is 0 Å². The second-order valence-corrected chi connectivity index (χ2v) is 6.64. The van der Waals surface area contributed by atoms with Gasteiger partial charge in [-0.3, -0.25) is 4.79 Å². The van der Waals surface area contributed by atoms with Gasteiger partial charge in [-0.2, -0.15) is 13.2 Å². The van der Waals surface area contributed by atoms with Gasteiger partial charge in [0.2, 0.25) is 5.91 Å². The highest BCUT2D eigenvalue weighted by Gasteiger charge is 2.31. The Morgan fingerprint density at radius 3 is 2.30 bits per heavy atom. The molecule has 0 radical (unpaired) electrons. The van der Waals surface area contributed by atoms with E-state index in [9.17, 15) is 18.0 Å². The van der Waals surface area contributed by atoms with E-state index in [1.54, 1.807) is 11.0 Å². The van der Waals surface area contributed by atoms with Crippen LogP contribution >= 0.6 is 0 Å². The summed E-state index contributed by atoms with van der Waals surface area (Å²) in [6, 6.07) is 14.4. The van der Waals surface area contributed by atoms with E-state index < -0.39 is 11.7 Å². The molecule has 0 bridgehead atoms. The van der Waals surface area contributed by atoms with Crippen molar-refractivity contribution in [2.24, 2.45) is 5.73 Å². The average molecular weight is 377 g/mol. The molecule has 2 aromatic rings. The van der Waals surface area contributed by atoms with Crippen LogP contribution in [0.1, 0.15) is 23.6 Å². The zero-order valence-electron chi connectivity index (χ0n) is 14.8. The fourth-order valence-corrected chi connectivity index (χ4v) is 3.23. The first-order chi connectivity index (χ1) is 12.8. The number of piperazine rings is 1. The lowest BCUT2D eigenvalue weighted by atomic mass is 10.0. The van der Waals surface area contributed by atoms with Crippen LogP contribution in [0.25, 0.3) is 0 Å². The molecule has 1 fully saturated rings.